The van der Waals surface area contributed by atoms with Gasteiger partial charge in [-0.2, -0.15) is 0 Å². The Morgan fingerprint density at radius 2 is 1.88 bits per heavy atom. The molecule has 0 radical (unpaired) electrons. The molecule has 1 heterocycles. The van der Waals surface area contributed by atoms with Gasteiger partial charge in [0.1, 0.15) is 5.75 Å². The van der Waals surface area contributed by atoms with Crippen molar-refractivity contribution in [3.05, 3.63) is 24.3 Å². The van der Waals surface area contributed by atoms with E-state index in [-0.39, 0.29) is 35.7 Å². The van der Waals surface area contributed by atoms with Crippen LogP contribution in [0.3, 0.4) is 0 Å². The average molecular weight is 487 g/mol. The molecule has 2 rings (SSSR count). The van der Waals surface area contributed by atoms with E-state index < -0.39 is 6.36 Å². The summed E-state index contributed by atoms with van der Waals surface area (Å²) in [4.78, 5) is 8.92. The lowest BCUT2D eigenvalue weighted by atomic mass is 10.3. The molecule has 0 aliphatic carbocycles. The topological polar surface area (TPSA) is 66.1 Å². The summed E-state index contributed by atoms with van der Waals surface area (Å²) in [6.07, 6.45) is -3.56. The van der Waals surface area contributed by atoms with Gasteiger partial charge in [-0.25, -0.2) is 0 Å². The molecule has 6 nitrogen and oxygen atoms in total. The zero-order valence-corrected chi connectivity index (χ0v) is 17.0. The fourth-order valence-corrected chi connectivity index (χ4v) is 2.56. The molecule has 10 heteroatoms. The number of nitrogens with two attached hydrogens (primary N) is 1. The summed E-state index contributed by atoms with van der Waals surface area (Å²) >= 11 is 0. The highest BCUT2D eigenvalue weighted by molar-refractivity contribution is 14.0. The van der Waals surface area contributed by atoms with E-state index in [9.17, 15) is 13.2 Å². The molecule has 0 atom stereocenters. The molecule has 0 aromatic heterocycles. The van der Waals surface area contributed by atoms with Gasteiger partial charge in [0.25, 0.3) is 0 Å². The maximum Gasteiger partial charge on any atom is 0.573 e. The van der Waals surface area contributed by atoms with E-state index in [2.05, 4.69) is 31.9 Å². The van der Waals surface area contributed by atoms with E-state index in [0.29, 0.717) is 12.2 Å². The quantitative estimate of drug-likeness (QED) is 0.380. The number of rotatable bonds is 5. The molecule has 1 aromatic carbocycles. The van der Waals surface area contributed by atoms with Crippen molar-refractivity contribution in [1.29, 1.82) is 0 Å². The molecule has 0 bridgehead atoms. The second kappa shape index (κ2) is 10.8. The van der Waals surface area contributed by atoms with Gasteiger partial charge in [0.05, 0.1) is 6.54 Å². The lowest BCUT2D eigenvalue weighted by Crippen LogP contribution is -2.32. The second-order valence-corrected chi connectivity index (χ2v) is 5.96. The largest absolute Gasteiger partial charge is 0.573 e. The predicted octanol–water partition coefficient (Wildman–Crippen LogP) is 2.57. The third-order valence-corrected chi connectivity index (χ3v) is 3.87. The van der Waals surface area contributed by atoms with Crippen LogP contribution in [-0.4, -0.2) is 68.4 Å². The van der Waals surface area contributed by atoms with Crippen LogP contribution in [0, 0.1) is 0 Å². The molecule has 0 spiro atoms. The van der Waals surface area contributed by atoms with Crippen molar-refractivity contribution in [2.24, 2.45) is 10.7 Å². The predicted molar refractivity (Wildman–Crippen MR) is 107 cm³/mol. The Hall–Kier alpha value is -1.27. The number of hydrogen-bond donors (Lipinski definition) is 2. The summed E-state index contributed by atoms with van der Waals surface area (Å²) < 4.78 is 40.1. The molecular weight excluding hydrogens is 462 g/mol. The molecular formula is C16H25F3IN5O. The minimum Gasteiger partial charge on any atom is -0.406 e. The molecule has 26 heavy (non-hydrogen) atoms. The monoisotopic (exact) mass is 487 g/mol. The van der Waals surface area contributed by atoms with E-state index in [0.717, 1.165) is 39.1 Å². The number of alkyl halides is 3. The number of nitrogens with one attached hydrogen (secondary N) is 1. The maximum atomic E-state index is 12.1. The number of hydrogen-bond acceptors (Lipinski definition) is 4. The first kappa shape index (κ1) is 22.8. The molecule has 1 aliphatic heterocycles. The Morgan fingerprint density at radius 3 is 2.54 bits per heavy atom. The highest BCUT2D eigenvalue weighted by atomic mass is 127. The Labute approximate surface area is 168 Å². The van der Waals surface area contributed by atoms with E-state index in [4.69, 9.17) is 5.73 Å². The number of anilines is 1. The summed E-state index contributed by atoms with van der Waals surface area (Å²) in [5.41, 5.74) is 6.36. The van der Waals surface area contributed by atoms with Gasteiger partial charge in [0.15, 0.2) is 5.96 Å². The minimum atomic E-state index is -4.70. The third kappa shape index (κ3) is 8.90. The van der Waals surface area contributed by atoms with Crippen molar-refractivity contribution in [3.63, 3.8) is 0 Å². The number of aliphatic imine (C=N–C) groups is 1. The van der Waals surface area contributed by atoms with Gasteiger partial charge in [-0.05, 0) is 50.8 Å². The summed E-state index contributed by atoms with van der Waals surface area (Å²) in [6.45, 7) is 5.61. The van der Waals surface area contributed by atoms with Crippen LogP contribution < -0.4 is 15.8 Å². The summed E-state index contributed by atoms with van der Waals surface area (Å²) in [5, 5.41) is 2.85. The lowest BCUT2D eigenvalue weighted by molar-refractivity contribution is -0.274. The number of nitrogens with zero attached hydrogens (tertiary/aromatic N) is 3. The third-order valence-electron chi connectivity index (χ3n) is 3.87. The Morgan fingerprint density at radius 1 is 1.19 bits per heavy atom. The van der Waals surface area contributed by atoms with Gasteiger partial charge in [0.2, 0.25) is 0 Å². The zero-order valence-electron chi connectivity index (χ0n) is 14.6. The molecule has 1 aromatic rings. The number of benzene rings is 1. The standard InChI is InChI=1S/C16H24F3N5O.HI/c1-23-8-2-9-24(12-11-23)10-7-21-15(20)22-13-3-5-14(6-4-13)25-16(17,18)19;/h3-6H,2,7-12H2,1H3,(H3,20,21,22);1H. The van der Waals surface area contributed by atoms with Gasteiger partial charge in [-0.1, -0.05) is 0 Å². The molecule has 1 aliphatic rings. The van der Waals surface area contributed by atoms with Gasteiger partial charge in [-0.15, -0.1) is 37.1 Å². The van der Waals surface area contributed by atoms with Crippen molar-refractivity contribution in [1.82, 2.24) is 9.80 Å². The van der Waals surface area contributed by atoms with Crippen molar-refractivity contribution in [2.45, 2.75) is 12.8 Å². The van der Waals surface area contributed by atoms with Crippen LogP contribution in [0.5, 0.6) is 5.75 Å². The number of ether oxygens (including phenoxy) is 1. The van der Waals surface area contributed by atoms with Crippen LogP contribution in [0.4, 0.5) is 18.9 Å². The van der Waals surface area contributed by atoms with Crippen LogP contribution >= 0.6 is 24.0 Å². The Bertz CT molecular complexity index is 568. The molecule has 0 amide bonds. The lowest BCUT2D eigenvalue weighted by Gasteiger charge is -2.18. The normalized spacial score (nSPS) is 17.3. The number of guanidine groups is 1. The second-order valence-electron chi connectivity index (χ2n) is 5.96. The first-order chi connectivity index (χ1) is 11.8. The van der Waals surface area contributed by atoms with Crippen molar-refractivity contribution in [2.75, 3.05) is 51.6 Å². The average Bonchev–Trinajstić information content (AvgIpc) is 2.72. The first-order valence-corrected chi connectivity index (χ1v) is 8.15. The molecule has 148 valence electrons. The van der Waals surface area contributed by atoms with E-state index in [1.807, 2.05) is 0 Å². The molecule has 0 unspecified atom stereocenters. The molecule has 0 saturated carbocycles. The van der Waals surface area contributed by atoms with Crippen LogP contribution in [0.15, 0.2) is 29.3 Å². The summed E-state index contributed by atoms with van der Waals surface area (Å²) in [5.74, 6) is -0.0453. The van der Waals surface area contributed by atoms with E-state index in [1.54, 1.807) is 0 Å². The van der Waals surface area contributed by atoms with Gasteiger partial charge in [-0.3, -0.25) is 4.99 Å². The highest BCUT2D eigenvalue weighted by Gasteiger charge is 2.30. The van der Waals surface area contributed by atoms with Gasteiger partial charge in [0, 0.05) is 25.3 Å². The van der Waals surface area contributed by atoms with Crippen LogP contribution in [0.25, 0.3) is 0 Å². The fourth-order valence-electron chi connectivity index (χ4n) is 2.56. The van der Waals surface area contributed by atoms with Crippen molar-refractivity contribution >= 4 is 35.6 Å². The SMILES string of the molecule is CN1CCCN(CCN=C(N)Nc2ccc(OC(F)(F)F)cc2)CC1.I. The highest BCUT2D eigenvalue weighted by Crippen LogP contribution is 2.23. The smallest absolute Gasteiger partial charge is 0.406 e. The molecule has 1 fully saturated rings. The minimum absolute atomic E-state index is 0. The van der Waals surface area contributed by atoms with Crippen molar-refractivity contribution in [3.8, 4) is 5.75 Å². The van der Waals surface area contributed by atoms with Crippen molar-refractivity contribution < 1.29 is 17.9 Å². The summed E-state index contributed by atoms with van der Waals surface area (Å²) in [7, 11) is 2.12. The van der Waals surface area contributed by atoms with E-state index >= 15 is 0 Å². The Kier molecular flexibility index (Phi) is 9.44. The van der Waals surface area contributed by atoms with Crippen LogP contribution in [0.2, 0.25) is 0 Å². The zero-order chi connectivity index (χ0) is 18.3. The van der Waals surface area contributed by atoms with Gasteiger partial charge < -0.3 is 25.6 Å². The van der Waals surface area contributed by atoms with E-state index in [1.165, 1.54) is 24.3 Å². The first-order valence-electron chi connectivity index (χ1n) is 8.15. The van der Waals surface area contributed by atoms with Crippen LogP contribution in [0.1, 0.15) is 6.42 Å². The number of halogens is 4. The Balaban J connectivity index is 0.00000338. The maximum absolute atomic E-state index is 12.1. The molecule has 3 N–H and O–H groups in total. The molecule has 1 saturated heterocycles. The fraction of sp³-hybridized carbons (Fsp3) is 0.562. The summed E-state index contributed by atoms with van der Waals surface area (Å²) in [6, 6.07) is 5.34. The van der Waals surface area contributed by atoms with Crippen LogP contribution in [-0.2, 0) is 0 Å². The number of likely N-dealkylation sites (N-methyl/N-ethyl adjacent to an activating group) is 1. The van der Waals surface area contributed by atoms with Gasteiger partial charge >= 0.3 is 6.36 Å².